The fourth-order valence-corrected chi connectivity index (χ4v) is 0.950. The Kier molecular flexibility index (Phi) is 4.13. The molecule has 1 N–H and O–H groups in total. The van der Waals surface area contributed by atoms with Crippen LogP contribution in [0.4, 0.5) is 0 Å². The molecule has 0 heterocycles. The van der Waals surface area contributed by atoms with Crippen molar-refractivity contribution >= 4 is 6.21 Å². The topological polar surface area (TPSA) is 41.8 Å². The smallest absolute Gasteiger partial charge is 0.118 e. The van der Waals surface area contributed by atoms with Crippen LogP contribution >= 0.6 is 0 Å². The number of aliphatic imine (C=N–C) groups is 1. The second kappa shape index (κ2) is 5.40. The number of methoxy groups -OCH3 is 1. The zero-order valence-electron chi connectivity index (χ0n) is 8.47. The highest BCUT2D eigenvalue weighted by Gasteiger charge is 1.94. The first-order valence-corrected chi connectivity index (χ1v) is 4.54. The fourth-order valence-electron chi connectivity index (χ4n) is 0.950. The first kappa shape index (κ1) is 10.7. The minimum absolute atomic E-state index is 0.0444. The Morgan fingerprint density at radius 3 is 2.57 bits per heavy atom. The Morgan fingerprint density at radius 1 is 1.43 bits per heavy atom. The van der Waals surface area contributed by atoms with E-state index >= 15 is 0 Å². The van der Waals surface area contributed by atoms with Crippen LogP contribution in [0.25, 0.3) is 0 Å². The van der Waals surface area contributed by atoms with E-state index in [2.05, 4.69) is 4.99 Å². The molecule has 1 atom stereocenters. The van der Waals surface area contributed by atoms with Gasteiger partial charge in [-0.25, -0.2) is 0 Å². The molecule has 1 aromatic rings. The van der Waals surface area contributed by atoms with Gasteiger partial charge in [-0.05, 0) is 36.8 Å². The van der Waals surface area contributed by atoms with E-state index < -0.39 is 0 Å². The third kappa shape index (κ3) is 3.18. The Labute approximate surface area is 84.1 Å². The van der Waals surface area contributed by atoms with Crippen LogP contribution in [0.5, 0.6) is 5.75 Å². The van der Waals surface area contributed by atoms with E-state index in [1.807, 2.05) is 31.2 Å². The summed E-state index contributed by atoms with van der Waals surface area (Å²) in [6.45, 7) is 1.94. The summed E-state index contributed by atoms with van der Waals surface area (Å²) >= 11 is 0. The Balaban J connectivity index is 2.64. The summed E-state index contributed by atoms with van der Waals surface area (Å²) in [5.41, 5.74) is 1.01. The number of hydrogen-bond donors (Lipinski definition) is 1. The molecule has 0 bridgehead atoms. The van der Waals surface area contributed by atoms with Crippen molar-refractivity contribution in [3.63, 3.8) is 0 Å². The van der Waals surface area contributed by atoms with Crippen LogP contribution < -0.4 is 4.74 Å². The van der Waals surface area contributed by atoms with Crippen LogP contribution in [0, 0.1) is 0 Å². The van der Waals surface area contributed by atoms with Crippen molar-refractivity contribution < 1.29 is 9.84 Å². The zero-order valence-corrected chi connectivity index (χ0v) is 8.47. The lowest BCUT2D eigenvalue weighted by Gasteiger charge is -2.01. The van der Waals surface area contributed by atoms with E-state index in [-0.39, 0.29) is 12.6 Å². The van der Waals surface area contributed by atoms with Crippen LogP contribution in [0.2, 0.25) is 0 Å². The average molecular weight is 193 g/mol. The number of hydrogen-bond acceptors (Lipinski definition) is 3. The molecule has 3 heteroatoms. The maximum absolute atomic E-state index is 8.76. The van der Waals surface area contributed by atoms with Crippen LogP contribution in [-0.2, 0) is 0 Å². The standard InChI is InChI=1S/C11H15NO2/c1-9(8-13)12-7-10-3-5-11(14-2)6-4-10/h3-7,9,13H,8H2,1-2H3/t9-/m1/s1. The van der Waals surface area contributed by atoms with Gasteiger partial charge >= 0.3 is 0 Å². The van der Waals surface area contributed by atoms with Crippen molar-refractivity contribution in [3.05, 3.63) is 29.8 Å². The second-order valence-electron chi connectivity index (χ2n) is 3.08. The SMILES string of the molecule is COc1ccc(C=N[C@H](C)CO)cc1. The van der Waals surface area contributed by atoms with Crippen molar-refractivity contribution in [2.45, 2.75) is 13.0 Å². The minimum Gasteiger partial charge on any atom is -0.497 e. The largest absolute Gasteiger partial charge is 0.497 e. The molecule has 0 saturated carbocycles. The number of aliphatic hydroxyl groups is 1. The molecule has 0 fully saturated rings. The van der Waals surface area contributed by atoms with Gasteiger partial charge in [0, 0.05) is 6.21 Å². The van der Waals surface area contributed by atoms with Gasteiger partial charge in [-0.1, -0.05) is 0 Å². The van der Waals surface area contributed by atoms with Gasteiger partial charge in [-0.15, -0.1) is 0 Å². The highest BCUT2D eigenvalue weighted by molar-refractivity contribution is 5.79. The normalized spacial score (nSPS) is 13.1. The van der Waals surface area contributed by atoms with Crippen molar-refractivity contribution in [2.75, 3.05) is 13.7 Å². The number of nitrogens with zero attached hydrogens (tertiary/aromatic N) is 1. The Bertz CT molecular complexity index is 293. The second-order valence-corrected chi connectivity index (χ2v) is 3.08. The summed E-state index contributed by atoms with van der Waals surface area (Å²) in [7, 11) is 1.64. The van der Waals surface area contributed by atoms with Crippen molar-refractivity contribution in [1.82, 2.24) is 0 Å². The molecule has 76 valence electrons. The molecule has 0 radical (unpaired) electrons. The summed E-state index contributed by atoms with van der Waals surface area (Å²) in [5.74, 6) is 0.831. The van der Waals surface area contributed by atoms with E-state index in [1.54, 1.807) is 13.3 Å². The van der Waals surface area contributed by atoms with Gasteiger partial charge in [0.1, 0.15) is 5.75 Å². The van der Waals surface area contributed by atoms with E-state index in [1.165, 1.54) is 0 Å². The predicted molar refractivity (Wildman–Crippen MR) is 57.1 cm³/mol. The van der Waals surface area contributed by atoms with E-state index in [9.17, 15) is 0 Å². The van der Waals surface area contributed by atoms with Gasteiger partial charge in [-0.3, -0.25) is 4.99 Å². The minimum atomic E-state index is -0.0444. The highest BCUT2D eigenvalue weighted by Crippen LogP contribution is 2.09. The molecule has 14 heavy (non-hydrogen) atoms. The monoisotopic (exact) mass is 193 g/mol. The first-order chi connectivity index (χ1) is 6.76. The number of benzene rings is 1. The molecular formula is C11H15NO2. The molecule has 0 aliphatic carbocycles. The molecule has 3 nitrogen and oxygen atoms in total. The van der Waals surface area contributed by atoms with Gasteiger partial charge in [0.05, 0.1) is 19.8 Å². The van der Waals surface area contributed by atoms with Gasteiger partial charge in [0.15, 0.2) is 0 Å². The molecule has 0 aliphatic heterocycles. The van der Waals surface area contributed by atoms with Crippen LogP contribution in [0.3, 0.4) is 0 Å². The third-order valence-corrected chi connectivity index (χ3v) is 1.86. The van der Waals surface area contributed by atoms with Crippen molar-refractivity contribution in [1.29, 1.82) is 0 Å². The van der Waals surface area contributed by atoms with Gasteiger partial charge in [0.2, 0.25) is 0 Å². The van der Waals surface area contributed by atoms with Gasteiger partial charge in [-0.2, -0.15) is 0 Å². The van der Waals surface area contributed by atoms with E-state index in [4.69, 9.17) is 9.84 Å². The zero-order chi connectivity index (χ0) is 10.4. The van der Waals surface area contributed by atoms with Crippen molar-refractivity contribution in [3.8, 4) is 5.75 Å². The third-order valence-electron chi connectivity index (χ3n) is 1.86. The fraction of sp³-hybridized carbons (Fsp3) is 0.364. The van der Waals surface area contributed by atoms with E-state index in [0.717, 1.165) is 11.3 Å². The molecule has 1 aromatic carbocycles. The lowest BCUT2D eigenvalue weighted by molar-refractivity contribution is 0.275. The predicted octanol–water partition coefficient (Wildman–Crippen LogP) is 1.49. The number of ether oxygens (including phenoxy) is 1. The van der Waals surface area contributed by atoms with Gasteiger partial charge in [0.25, 0.3) is 0 Å². The van der Waals surface area contributed by atoms with Crippen LogP contribution in [-0.4, -0.2) is 31.1 Å². The summed E-state index contributed by atoms with van der Waals surface area (Å²) in [4.78, 5) is 4.15. The maximum atomic E-state index is 8.76. The molecule has 0 aromatic heterocycles. The van der Waals surface area contributed by atoms with E-state index in [0.29, 0.717) is 0 Å². The summed E-state index contributed by atoms with van der Waals surface area (Å²) in [6, 6.07) is 7.56. The molecule has 0 spiro atoms. The summed E-state index contributed by atoms with van der Waals surface area (Å²) < 4.78 is 5.03. The number of aliphatic hydroxyl groups excluding tert-OH is 1. The Morgan fingerprint density at radius 2 is 2.07 bits per heavy atom. The molecule has 0 saturated heterocycles. The maximum Gasteiger partial charge on any atom is 0.118 e. The Hall–Kier alpha value is -1.35. The molecule has 0 amide bonds. The molecule has 0 aliphatic rings. The quantitative estimate of drug-likeness (QED) is 0.736. The lowest BCUT2D eigenvalue weighted by atomic mass is 10.2. The lowest BCUT2D eigenvalue weighted by Crippen LogP contribution is -2.03. The first-order valence-electron chi connectivity index (χ1n) is 4.54. The average Bonchev–Trinajstić information content (AvgIpc) is 2.26. The molecular weight excluding hydrogens is 178 g/mol. The number of rotatable bonds is 4. The van der Waals surface area contributed by atoms with Crippen LogP contribution in [0.15, 0.2) is 29.3 Å². The van der Waals surface area contributed by atoms with Gasteiger partial charge < -0.3 is 9.84 Å². The molecule has 0 unspecified atom stereocenters. The summed E-state index contributed by atoms with van der Waals surface area (Å²) in [5, 5.41) is 8.76. The molecule has 1 rings (SSSR count). The van der Waals surface area contributed by atoms with Crippen molar-refractivity contribution in [2.24, 2.45) is 4.99 Å². The highest BCUT2D eigenvalue weighted by atomic mass is 16.5. The summed E-state index contributed by atoms with van der Waals surface area (Å²) in [6.07, 6.45) is 1.75. The van der Waals surface area contributed by atoms with Crippen LogP contribution in [0.1, 0.15) is 12.5 Å².